The van der Waals surface area contributed by atoms with Gasteiger partial charge in [0.2, 0.25) is 6.41 Å². The van der Waals surface area contributed by atoms with Gasteiger partial charge >= 0.3 is 0 Å². The van der Waals surface area contributed by atoms with Gasteiger partial charge in [0.15, 0.2) is 6.29 Å². The van der Waals surface area contributed by atoms with Gasteiger partial charge in [0.1, 0.15) is 23.6 Å². The SMILES string of the molecule is CNC1CCC(C)CC1.NC(/C=C\Nc1ccccc1F)=NC=O.O=Cc1ccon1. The van der Waals surface area contributed by atoms with Crippen LogP contribution in [0.25, 0.3) is 0 Å². The standard InChI is InChI=1S/C10H10FN3O.C8H17N.C4H3NO2/c11-8-3-1-2-4-9(8)13-6-5-10(12)14-7-15;1-7-3-5-8(9-2)6-4-7;6-3-4-1-2-7-5-4/h1-7,13H,(H2,12,14,15);7-9H,3-6H2,1-2H3;1-3H/b6-5-;;. The average Bonchev–Trinajstić information content (AvgIpc) is 3.31. The van der Waals surface area contributed by atoms with E-state index in [0.29, 0.717) is 24.1 Å². The summed E-state index contributed by atoms with van der Waals surface area (Å²) in [7, 11) is 2.07. The van der Waals surface area contributed by atoms with Crippen molar-refractivity contribution < 1.29 is 18.5 Å². The Morgan fingerprint density at radius 1 is 1.23 bits per heavy atom. The van der Waals surface area contributed by atoms with Gasteiger partial charge in [-0.15, -0.1) is 0 Å². The molecule has 0 atom stereocenters. The van der Waals surface area contributed by atoms with E-state index in [1.807, 2.05) is 0 Å². The van der Waals surface area contributed by atoms with E-state index in [1.54, 1.807) is 18.2 Å². The highest BCUT2D eigenvalue weighted by atomic mass is 19.1. The average molecular weight is 432 g/mol. The minimum Gasteiger partial charge on any atom is -0.384 e. The molecular formula is C22H30FN5O3. The highest BCUT2D eigenvalue weighted by Crippen LogP contribution is 2.22. The highest BCUT2D eigenvalue weighted by molar-refractivity contribution is 5.95. The van der Waals surface area contributed by atoms with E-state index >= 15 is 0 Å². The molecule has 1 amide bonds. The first-order valence-electron chi connectivity index (χ1n) is 9.97. The van der Waals surface area contributed by atoms with Crippen molar-refractivity contribution in [1.82, 2.24) is 10.5 Å². The number of para-hydroxylation sites is 1. The first kappa shape index (κ1) is 25.7. The second-order valence-electron chi connectivity index (χ2n) is 6.90. The molecule has 0 aliphatic heterocycles. The van der Waals surface area contributed by atoms with E-state index in [9.17, 15) is 14.0 Å². The molecule has 31 heavy (non-hydrogen) atoms. The van der Waals surface area contributed by atoms with Crippen molar-refractivity contribution in [1.29, 1.82) is 0 Å². The summed E-state index contributed by atoms with van der Waals surface area (Å²) in [6.45, 7) is 2.35. The fraction of sp³-hybridized carbons (Fsp3) is 0.364. The molecular weight excluding hydrogens is 401 g/mol. The lowest BCUT2D eigenvalue weighted by molar-refractivity contribution is -0.106. The maximum Gasteiger partial charge on any atom is 0.234 e. The fourth-order valence-corrected chi connectivity index (χ4v) is 2.73. The largest absolute Gasteiger partial charge is 0.384 e. The molecule has 0 bridgehead atoms. The molecule has 168 valence electrons. The van der Waals surface area contributed by atoms with Crippen LogP contribution >= 0.6 is 0 Å². The van der Waals surface area contributed by atoms with Crippen molar-refractivity contribution in [3.63, 3.8) is 0 Å². The minimum absolute atomic E-state index is 0.0499. The monoisotopic (exact) mass is 431 g/mol. The summed E-state index contributed by atoms with van der Waals surface area (Å²) >= 11 is 0. The molecule has 3 rings (SSSR count). The summed E-state index contributed by atoms with van der Waals surface area (Å²) < 4.78 is 17.4. The minimum atomic E-state index is -0.368. The van der Waals surface area contributed by atoms with Gasteiger partial charge in [0, 0.05) is 18.3 Å². The number of amides is 1. The fourth-order valence-electron chi connectivity index (χ4n) is 2.73. The zero-order valence-electron chi connectivity index (χ0n) is 17.8. The Morgan fingerprint density at radius 2 is 1.94 bits per heavy atom. The van der Waals surface area contributed by atoms with Gasteiger partial charge in [-0.25, -0.2) is 4.39 Å². The maximum absolute atomic E-state index is 13.0. The molecule has 1 aromatic carbocycles. The molecule has 1 aliphatic rings. The number of nitrogens with two attached hydrogens (primary N) is 1. The van der Waals surface area contributed by atoms with Gasteiger partial charge in [-0.2, -0.15) is 4.99 Å². The Bertz CT molecular complexity index is 816. The van der Waals surface area contributed by atoms with E-state index in [4.69, 9.17) is 5.73 Å². The number of rotatable bonds is 6. The number of amidine groups is 1. The number of carbonyl (C=O) groups is 2. The number of hydrogen-bond acceptors (Lipinski definition) is 6. The number of halogens is 1. The van der Waals surface area contributed by atoms with Crippen LogP contribution in [-0.4, -0.2) is 36.8 Å². The molecule has 4 N–H and O–H groups in total. The van der Waals surface area contributed by atoms with Gasteiger partial charge < -0.3 is 20.9 Å². The van der Waals surface area contributed by atoms with Gasteiger partial charge in [-0.1, -0.05) is 24.2 Å². The van der Waals surface area contributed by atoms with Crippen molar-refractivity contribution in [2.45, 2.75) is 38.6 Å². The van der Waals surface area contributed by atoms with E-state index < -0.39 is 0 Å². The Hall–Kier alpha value is -3.33. The number of aromatic nitrogens is 1. The first-order chi connectivity index (χ1) is 15.0. The summed E-state index contributed by atoms with van der Waals surface area (Å²) in [5.74, 6) is 0.663. The number of nitrogens with zero attached hydrogens (tertiary/aromatic N) is 2. The van der Waals surface area contributed by atoms with Gasteiger partial charge in [0.25, 0.3) is 0 Å². The smallest absolute Gasteiger partial charge is 0.234 e. The molecule has 1 aliphatic carbocycles. The summed E-state index contributed by atoms with van der Waals surface area (Å²) in [5.41, 5.74) is 5.94. The third-order valence-electron chi connectivity index (χ3n) is 4.57. The molecule has 0 saturated heterocycles. The zero-order chi connectivity index (χ0) is 22.9. The maximum atomic E-state index is 13.0. The Balaban J connectivity index is 0.000000254. The topological polar surface area (TPSA) is 123 Å². The molecule has 1 aromatic heterocycles. The highest BCUT2D eigenvalue weighted by Gasteiger charge is 2.15. The van der Waals surface area contributed by atoms with Crippen LogP contribution in [0.3, 0.4) is 0 Å². The quantitative estimate of drug-likeness (QED) is 0.363. The number of hydrogen-bond donors (Lipinski definition) is 3. The Morgan fingerprint density at radius 3 is 2.45 bits per heavy atom. The van der Waals surface area contributed by atoms with Gasteiger partial charge in [-0.3, -0.25) is 9.59 Å². The summed E-state index contributed by atoms with van der Waals surface area (Å²) in [4.78, 5) is 22.9. The molecule has 0 spiro atoms. The van der Waals surface area contributed by atoms with Crippen LogP contribution in [0.4, 0.5) is 10.1 Å². The molecule has 9 heteroatoms. The predicted octanol–water partition coefficient (Wildman–Crippen LogP) is 3.54. The van der Waals surface area contributed by atoms with E-state index in [2.05, 4.69) is 39.3 Å². The van der Waals surface area contributed by atoms with Crippen LogP contribution in [-0.2, 0) is 4.79 Å². The van der Waals surface area contributed by atoms with Gasteiger partial charge in [-0.05, 0) is 56.9 Å². The van der Waals surface area contributed by atoms with Crippen LogP contribution in [0, 0.1) is 11.7 Å². The number of carbonyl (C=O) groups excluding carboxylic acids is 2. The Kier molecular flexibility index (Phi) is 12.9. The van der Waals surface area contributed by atoms with Gasteiger partial charge in [0.05, 0.1) is 5.69 Å². The molecule has 0 unspecified atom stereocenters. The third kappa shape index (κ3) is 11.4. The van der Waals surface area contributed by atoms with Crippen LogP contribution in [0.5, 0.6) is 0 Å². The second kappa shape index (κ2) is 15.5. The third-order valence-corrected chi connectivity index (χ3v) is 4.57. The van der Waals surface area contributed by atoms with Crippen molar-refractivity contribution in [2.75, 3.05) is 12.4 Å². The van der Waals surface area contributed by atoms with E-state index in [-0.39, 0.29) is 11.7 Å². The second-order valence-corrected chi connectivity index (χ2v) is 6.90. The lowest BCUT2D eigenvalue weighted by atomic mass is 9.87. The molecule has 1 fully saturated rings. The number of nitrogens with one attached hydrogen (secondary N) is 2. The van der Waals surface area contributed by atoms with Crippen LogP contribution in [0.1, 0.15) is 43.1 Å². The summed E-state index contributed by atoms with van der Waals surface area (Å²) in [5, 5.41) is 9.29. The number of aliphatic imine (C=N–C) groups is 1. The van der Waals surface area contributed by atoms with Crippen LogP contribution in [0.15, 0.2) is 58.4 Å². The van der Waals surface area contributed by atoms with Crippen LogP contribution in [0.2, 0.25) is 0 Å². The zero-order valence-corrected chi connectivity index (χ0v) is 17.8. The normalized spacial score (nSPS) is 18.2. The van der Waals surface area contributed by atoms with Crippen molar-refractivity contribution in [3.05, 3.63) is 60.4 Å². The number of aldehydes is 1. The molecule has 1 saturated carbocycles. The lowest BCUT2D eigenvalue weighted by Crippen LogP contribution is -2.29. The van der Waals surface area contributed by atoms with Crippen molar-refractivity contribution in [3.8, 4) is 0 Å². The van der Waals surface area contributed by atoms with E-state index in [0.717, 1.165) is 12.0 Å². The summed E-state index contributed by atoms with van der Waals surface area (Å²) in [6.07, 6.45) is 10.7. The van der Waals surface area contributed by atoms with E-state index in [1.165, 1.54) is 56.4 Å². The molecule has 2 aromatic rings. The Labute approximate surface area is 181 Å². The summed E-state index contributed by atoms with van der Waals surface area (Å²) in [6, 6.07) is 8.51. The number of benzene rings is 1. The molecule has 8 nitrogen and oxygen atoms in total. The van der Waals surface area contributed by atoms with Crippen LogP contribution < -0.4 is 16.4 Å². The molecule has 0 radical (unpaired) electrons. The van der Waals surface area contributed by atoms with Crippen molar-refractivity contribution >= 4 is 24.2 Å². The van der Waals surface area contributed by atoms with Crippen molar-refractivity contribution in [2.24, 2.45) is 16.6 Å². The number of anilines is 1. The lowest BCUT2D eigenvalue weighted by Gasteiger charge is -2.25. The first-order valence-corrected chi connectivity index (χ1v) is 9.97. The predicted molar refractivity (Wildman–Crippen MR) is 119 cm³/mol. The molecule has 1 heterocycles.